The van der Waals surface area contributed by atoms with Gasteiger partial charge in [0.15, 0.2) is 0 Å². The summed E-state index contributed by atoms with van der Waals surface area (Å²) in [4.78, 5) is 23.3. The molecule has 2 aromatic rings. The SMILES string of the molecule is CCC(=O)Nc1ccc(C)c(NC(=O)c2cn[nH]c2)c1. The maximum atomic E-state index is 12.0. The van der Waals surface area contributed by atoms with E-state index in [9.17, 15) is 9.59 Å². The summed E-state index contributed by atoms with van der Waals surface area (Å²) in [5.74, 6) is -0.318. The van der Waals surface area contributed by atoms with Crippen molar-refractivity contribution in [1.29, 1.82) is 0 Å². The molecule has 6 nitrogen and oxygen atoms in total. The number of amides is 2. The van der Waals surface area contributed by atoms with E-state index in [0.29, 0.717) is 23.4 Å². The van der Waals surface area contributed by atoms with Crippen molar-refractivity contribution in [2.24, 2.45) is 0 Å². The minimum Gasteiger partial charge on any atom is -0.326 e. The molecule has 0 radical (unpaired) electrons. The molecule has 3 N–H and O–H groups in total. The number of aryl methyl sites for hydroxylation is 1. The molecule has 1 aromatic heterocycles. The Kier molecular flexibility index (Phi) is 4.14. The zero-order chi connectivity index (χ0) is 14.5. The van der Waals surface area contributed by atoms with Gasteiger partial charge < -0.3 is 10.6 Å². The van der Waals surface area contributed by atoms with Crippen LogP contribution in [0.5, 0.6) is 0 Å². The Labute approximate surface area is 116 Å². The van der Waals surface area contributed by atoms with E-state index in [1.54, 1.807) is 19.1 Å². The molecule has 0 aliphatic carbocycles. The summed E-state index contributed by atoms with van der Waals surface area (Å²) in [6.07, 6.45) is 3.38. The summed E-state index contributed by atoms with van der Waals surface area (Å²) < 4.78 is 0. The van der Waals surface area contributed by atoms with E-state index < -0.39 is 0 Å². The van der Waals surface area contributed by atoms with Crippen LogP contribution in [0.25, 0.3) is 0 Å². The monoisotopic (exact) mass is 272 g/mol. The van der Waals surface area contributed by atoms with Crippen LogP contribution in [0.3, 0.4) is 0 Å². The van der Waals surface area contributed by atoms with Crippen molar-refractivity contribution in [3.8, 4) is 0 Å². The molecule has 0 bridgehead atoms. The second-order valence-electron chi connectivity index (χ2n) is 4.37. The van der Waals surface area contributed by atoms with E-state index in [1.807, 2.05) is 13.0 Å². The van der Waals surface area contributed by atoms with Gasteiger partial charge in [-0.05, 0) is 24.6 Å². The fourth-order valence-corrected chi connectivity index (χ4v) is 1.65. The van der Waals surface area contributed by atoms with Gasteiger partial charge in [-0.25, -0.2) is 0 Å². The molecule has 1 heterocycles. The van der Waals surface area contributed by atoms with Gasteiger partial charge in [0.2, 0.25) is 5.91 Å². The zero-order valence-corrected chi connectivity index (χ0v) is 11.4. The van der Waals surface area contributed by atoms with Crippen LogP contribution < -0.4 is 10.6 Å². The lowest BCUT2D eigenvalue weighted by Crippen LogP contribution is -2.13. The molecule has 0 saturated heterocycles. The summed E-state index contributed by atoms with van der Waals surface area (Å²) in [7, 11) is 0. The topological polar surface area (TPSA) is 86.9 Å². The predicted molar refractivity (Wildman–Crippen MR) is 76.6 cm³/mol. The standard InChI is InChI=1S/C14H16N4O2/c1-3-13(19)17-11-5-4-9(2)12(6-11)18-14(20)10-7-15-16-8-10/h4-8H,3H2,1-2H3,(H,15,16)(H,17,19)(H,18,20). The molecule has 0 fully saturated rings. The minimum atomic E-state index is -0.249. The number of anilines is 2. The number of carbonyl (C=O) groups is 2. The van der Waals surface area contributed by atoms with Gasteiger partial charge in [-0.2, -0.15) is 5.10 Å². The molecule has 1 aromatic carbocycles. The smallest absolute Gasteiger partial charge is 0.258 e. The first-order valence-electron chi connectivity index (χ1n) is 6.30. The number of nitrogens with zero attached hydrogens (tertiary/aromatic N) is 1. The Morgan fingerprint density at radius 3 is 2.75 bits per heavy atom. The fraction of sp³-hybridized carbons (Fsp3) is 0.214. The number of hydrogen-bond acceptors (Lipinski definition) is 3. The number of hydrogen-bond donors (Lipinski definition) is 3. The third kappa shape index (κ3) is 3.23. The molecule has 104 valence electrons. The molecule has 2 rings (SSSR count). The van der Waals surface area contributed by atoms with Crippen LogP contribution in [0.15, 0.2) is 30.6 Å². The second-order valence-corrected chi connectivity index (χ2v) is 4.37. The molecule has 0 saturated carbocycles. The van der Waals surface area contributed by atoms with Gasteiger partial charge in [0.05, 0.1) is 11.8 Å². The van der Waals surface area contributed by atoms with Gasteiger partial charge in [-0.15, -0.1) is 0 Å². The van der Waals surface area contributed by atoms with Crippen molar-refractivity contribution in [3.05, 3.63) is 41.7 Å². The predicted octanol–water partition coefficient (Wildman–Crippen LogP) is 2.32. The molecule has 0 aliphatic rings. The molecule has 0 unspecified atom stereocenters. The lowest BCUT2D eigenvalue weighted by molar-refractivity contribution is -0.115. The third-order valence-electron chi connectivity index (χ3n) is 2.85. The number of aromatic amines is 1. The van der Waals surface area contributed by atoms with Gasteiger partial charge >= 0.3 is 0 Å². The Bertz CT molecular complexity index is 620. The summed E-state index contributed by atoms with van der Waals surface area (Å²) in [6.45, 7) is 3.67. The second kappa shape index (κ2) is 6.01. The van der Waals surface area contributed by atoms with E-state index in [2.05, 4.69) is 20.8 Å². The summed E-state index contributed by atoms with van der Waals surface area (Å²) in [6, 6.07) is 5.38. The number of H-pyrrole nitrogens is 1. The first-order chi connectivity index (χ1) is 9.60. The van der Waals surface area contributed by atoms with Crippen molar-refractivity contribution >= 4 is 23.2 Å². The van der Waals surface area contributed by atoms with Crippen LogP contribution in [0.2, 0.25) is 0 Å². The highest BCUT2D eigenvalue weighted by Crippen LogP contribution is 2.21. The largest absolute Gasteiger partial charge is 0.326 e. The van der Waals surface area contributed by atoms with Crippen molar-refractivity contribution in [2.45, 2.75) is 20.3 Å². The van der Waals surface area contributed by atoms with Crippen LogP contribution in [-0.4, -0.2) is 22.0 Å². The van der Waals surface area contributed by atoms with E-state index in [0.717, 1.165) is 5.56 Å². The first kappa shape index (κ1) is 13.8. The van der Waals surface area contributed by atoms with E-state index in [-0.39, 0.29) is 11.8 Å². The number of aromatic nitrogens is 2. The molecular formula is C14H16N4O2. The lowest BCUT2D eigenvalue weighted by Gasteiger charge is -2.10. The highest BCUT2D eigenvalue weighted by Gasteiger charge is 2.09. The molecule has 0 spiro atoms. The van der Waals surface area contributed by atoms with Crippen molar-refractivity contribution in [2.75, 3.05) is 10.6 Å². The van der Waals surface area contributed by atoms with E-state index in [4.69, 9.17) is 0 Å². The van der Waals surface area contributed by atoms with E-state index >= 15 is 0 Å². The summed E-state index contributed by atoms with van der Waals surface area (Å²) in [5.41, 5.74) is 2.68. The molecule has 20 heavy (non-hydrogen) atoms. The average molecular weight is 272 g/mol. The number of nitrogens with one attached hydrogen (secondary N) is 3. The summed E-state index contributed by atoms with van der Waals surface area (Å²) >= 11 is 0. The van der Waals surface area contributed by atoms with Crippen molar-refractivity contribution < 1.29 is 9.59 Å². The van der Waals surface area contributed by atoms with Gasteiger partial charge in [0.1, 0.15) is 0 Å². The quantitative estimate of drug-likeness (QED) is 0.798. The lowest BCUT2D eigenvalue weighted by atomic mass is 10.1. The Morgan fingerprint density at radius 2 is 2.10 bits per heavy atom. The van der Waals surface area contributed by atoms with E-state index in [1.165, 1.54) is 12.4 Å². The average Bonchev–Trinajstić information content (AvgIpc) is 2.96. The molecule has 0 atom stereocenters. The minimum absolute atomic E-state index is 0.0686. The van der Waals surface area contributed by atoms with Gasteiger partial charge in [0, 0.05) is 24.0 Å². The molecule has 0 aliphatic heterocycles. The van der Waals surface area contributed by atoms with Crippen molar-refractivity contribution in [1.82, 2.24) is 10.2 Å². The highest BCUT2D eigenvalue weighted by molar-refractivity contribution is 6.04. The van der Waals surface area contributed by atoms with Gasteiger partial charge in [-0.3, -0.25) is 14.7 Å². The van der Waals surface area contributed by atoms with Crippen LogP contribution in [-0.2, 0) is 4.79 Å². The molecule has 6 heteroatoms. The Balaban J connectivity index is 2.16. The van der Waals surface area contributed by atoms with Gasteiger partial charge in [0.25, 0.3) is 5.91 Å². The molecular weight excluding hydrogens is 256 g/mol. The van der Waals surface area contributed by atoms with Crippen molar-refractivity contribution in [3.63, 3.8) is 0 Å². The molecule has 2 amide bonds. The number of rotatable bonds is 4. The summed E-state index contributed by atoms with van der Waals surface area (Å²) in [5, 5.41) is 11.9. The number of carbonyl (C=O) groups excluding carboxylic acids is 2. The van der Waals surface area contributed by atoms with Crippen LogP contribution in [0.1, 0.15) is 29.3 Å². The fourth-order valence-electron chi connectivity index (χ4n) is 1.65. The normalized spacial score (nSPS) is 10.1. The van der Waals surface area contributed by atoms with Crippen LogP contribution >= 0.6 is 0 Å². The first-order valence-corrected chi connectivity index (χ1v) is 6.30. The van der Waals surface area contributed by atoms with Crippen LogP contribution in [0, 0.1) is 6.92 Å². The maximum Gasteiger partial charge on any atom is 0.258 e. The third-order valence-corrected chi connectivity index (χ3v) is 2.85. The van der Waals surface area contributed by atoms with Gasteiger partial charge in [-0.1, -0.05) is 13.0 Å². The Morgan fingerprint density at radius 1 is 1.30 bits per heavy atom. The Hall–Kier alpha value is -2.63. The zero-order valence-electron chi connectivity index (χ0n) is 11.4. The van der Waals surface area contributed by atoms with Crippen LogP contribution in [0.4, 0.5) is 11.4 Å². The highest BCUT2D eigenvalue weighted by atomic mass is 16.2. The maximum absolute atomic E-state index is 12.0. The number of benzene rings is 1.